The van der Waals surface area contributed by atoms with Crippen LogP contribution in [0.5, 0.6) is 0 Å². The second-order valence-corrected chi connectivity index (χ2v) is 8.73. The van der Waals surface area contributed by atoms with Crippen molar-refractivity contribution in [3.05, 3.63) is 90.0 Å². The summed E-state index contributed by atoms with van der Waals surface area (Å²) in [7, 11) is 0. The van der Waals surface area contributed by atoms with E-state index in [4.69, 9.17) is 0 Å². The van der Waals surface area contributed by atoms with Gasteiger partial charge in [-0.1, -0.05) is 50.6 Å². The maximum atomic E-state index is 13.1. The normalized spacial score (nSPS) is 14.2. The number of nitrogens with one attached hydrogen (secondary N) is 3. The van der Waals surface area contributed by atoms with Crippen molar-refractivity contribution < 1.29 is 19.2 Å². The molecule has 0 aliphatic carbocycles. The van der Waals surface area contributed by atoms with E-state index in [0.29, 0.717) is 34.6 Å². The fraction of sp³-hybridized carbons (Fsp3) is 0.214. The topological polar surface area (TPSA) is 108 Å². The van der Waals surface area contributed by atoms with Gasteiger partial charge in [0, 0.05) is 16.8 Å². The Morgan fingerprint density at radius 1 is 0.917 bits per heavy atom. The van der Waals surface area contributed by atoms with Crippen LogP contribution < -0.4 is 20.9 Å². The van der Waals surface area contributed by atoms with Crippen LogP contribution in [0.1, 0.15) is 41.0 Å². The van der Waals surface area contributed by atoms with E-state index >= 15 is 0 Å². The molecular weight excluding hydrogens is 456 g/mol. The van der Waals surface area contributed by atoms with Crippen molar-refractivity contribution in [2.75, 3.05) is 22.1 Å². The summed E-state index contributed by atoms with van der Waals surface area (Å²) >= 11 is 0. The third-order valence-corrected chi connectivity index (χ3v) is 6.23. The summed E-state index contributed by atoms with van der Waals surface area (Å²) < 4.78 is 0. The van der Waals surface area contributed by atoms with Crippen LogP contribution in [0.15, 0.2) is 78.9 Å². The number of fused-ring (bicyclic) bond motifs is 1. The summed E-state index contributed by atoms with van der Waals surface area (Å²) in [6.45, 7) is 3.79. The summed E-state index contributed by atoms with van der Waals surface area (Å²) in [4.78, 5) is 52.4. The minimum atomic E-state index is -0.729. The van der Waals surface area contributed by atoms with Crippen molar-refractivity contribution in [3.8, 4) is 0 Å². The molecule has 4 amide bonds. The number of hydrogen-bond donors (Lipinski definition) is 3. The molecule has 3 aromatic carbocycles. The van der Waals surface area contributed by atoms with E-state index in [-0.39, 0.29) is 36.1 Å². The van der Waals surface area contributed by atoms with Crippen molar-refractivity contribution in [1.29, 1.82) is 0 Å². The van der Waals surface area contributed by atoms with Crippen molar-refractivity contribution in [3.63, 3.8) is 0 Å². The first-order valence-electron chi connectivity index (χ1n) is 11.8. The fourth-order valence-corrected chi connectivity index (χ4v) is 4.00. The monoisotopic (exact) mass is 484 g/mol. The first-order valence-corrected chi connectivity index (χ1v) is 11.8. The molecule has 184 valence electrons. The Morgan fingerprint density at radius 2 is 1.58 bits per heavy atom. The predicted molar refractivity (Wildman–Crippen MR) is 139 cm³/mol. The lowest BCUT2D eigenvalue weighted by Gasteiger charge is -2.29. The van der Waals surface area contributed by atoms with Gasteiger partial charge in [0.1, 0.15) is 12.6 Å². The number of anilines is 3. The van der Waals surface area contributed by atoms with Gasteiger partial charge in [-0.25, -0.2) is 0 Å². The van der Waals surface area contributed by atoms with Gasteiger partial charge in [0.15, 0.2) is 0 Å². The zero-order valence-corrected chi connectivity index (χ0v) is 20.2. The Labute approximate surface area is 209 Å². The van der Waals surface area contributed by atoms with Gasteiger partial charge in [0.05, 0.1) is 11.4 Å². The third-order valence-electron chi connectivity index (χ3n) is 6.23. The highest BCUT2D eigenvalue weighted by Gasteiger charge is 2.28. The number of carbonyl (C=O) groups is 4. The lowest BCUT2D eigenvalue weighted by atomic mass is 9.97. The molecule has 3 N–H and O–H groups in total. The Morgan fingerprint density at radius 3 is 2.28 bits per heavy atom. The number of benzene rings is 3. The smallest absolute Gasteiger partial charge is 0.258 e. The Kier molecular flexibility index (Phi) is 7.44. The van der Waals surface area contributed by atoms with Gasteiger partial charge in [0.25, 0.3) is 11.8 Å². The molecular formula is C28H28N4O4. The maximum absolute atomic E-state index is 13.1. The van der Waals surface area contributed by atoms with E-state index in [1.807, 2.05) is 19.9 Å². The standard InChI is InChI=1S/C28H28N4O4/c1-3-18(2)25(31-26(34)19-9-5-4-6-10-19)27(35)29-21-15-13-20(14-16-21)28(36)32-17-24(33)30-22-11-7-8-12-23(22)32/h4-16,18,25H,3,17H2,1-2H3,(H,29,35)(H,30,33)(H,31,34). The van der Waals surface area contributed by atoms with Crippen LogP contribution in [0.25, 0.3) is 0 Å². The van der Waals surface area contributed by atoms with Crippen LogP contribution in [0, 0.1) is 5.92 Å². The summed E-state index contributed by atoms with van der Waals surface area (Å²) in [5, 5.41) is 8.45. The molecule has 0 bridgehead atoms. The molecule has 0 fully saturated rings. The molecule has 36 heavy (non-hydrogen) atoms. The van der Waals surface area contributed by atoms with Gasteiger partial charge in [-0.05, 0) is 54.4 Å². The summed E-state index contributed by atoms with van der Waals surface area (Å²) in [5.74, 6) is -1.33. The molecule has 1 aliphatic heterocycles. The van der Waals surface area contributed by atoms with E-state index in [0.717, 1.165) is 0 Å². The number of para-hydroxylation sites is 2. The van der Waals surface area contributed by atoms with Gasteiger partial charge in [-0.3, -0.25) is 24.1 Å². The minimum Gasteiger partial charge on any atom is -0.340 e. The Bertz CT molecular complexity index is 1270. The number of carbonyl (C=O) groups excluding carboxylic acids is 4. The Hall–Kier alpha value is -4.46. The van der Waals surface area contributed by atoms with Crippen molar-refractivity contribution in [2.45, 2.75) is 26.3 Å². The first kappa shape index (κ1) is 24.7. The fourth-order valence-electron chi connectivity index (χ4n) is 4.00. The molecule has 0 radical (unpaired) electrons. The van der Waals surface area contributed by atoms with Crippen molar-refractivity contribution in [1.82, 2.24) is 5.32 Å². The van der Waals surface area contributed by atoms with Crippen LogP contribution in [-0.4, -0.2) is 36.2 Å². The average Bonchev–Trinajstić information content (AvgIpc) is 2.91. The van der Waals surface area contributed by atoms with Crippen LogP contribution in [-0.2, 0) is 9.59 Å². The van der Waals surface area contributed by atoms with E-state index < -0.39 is 6.04 Å². The molecule has 8 heteroatoms. The molecule has 0 spiro atoms. The molecule has 4 rings (SSSR count). The van der Waals surface area contributed by atoms with E-state index in [1.165, 1.54) is 4.90 Å². The molecule has 1 aliphatic rings. The number of rotatable bonds is 7. The number of hydrogen-bond acceptors (Lipinski definition) is 4. The lowest BCUT2D eigenvalue weighted by molar-refractivity contribution is -0.119. The summed E-state index contributed by atoms with van der Waals surface area (Å²) in [6.07, 6.45) is 0.700. The largest absolute Gasteiger partial charge is 0.340 e. The first-order chi connectivity index (χ1) is 17.4. The number of nitrogens with zero attached hydrogens (tertiary/aromatic N) is 1. The second kappa shape index (κ2) is 10.9. The third kappa shape index (κ3) is 5.43. The van der Waals surface area contributed by atoms with Gasteiger partial charge in [0.2, 0.25) is 11.8 Å². The quantitative estimate of drug-likeness (QED) is 0.470. The molecule has 0 saturated carbocycles. The van der Waals surface area contributed by atoms with Crippen LogP contribution in [0.4, 0.5) is 17.1 Å². The Balaban J connectivity index is 1.46. The maximum Gasteiger partial charge on any atom is 0.258 e. The predicted octanol–water partition coefficient (Wildman–Crippen LogP) is 4.07. The molecule has 3 aromatic rings. The van der Waals surface area contributed by atoms with Crippen molar-refractivity contribution in [2.24, 2.45) is 5.92 Å². The zero-order valence-electron chi connectivity index (χ0n) is 20.2. The minimum absolute atomic E-state index is 0.0773. The highest BCUT2D eigenvalue weighted by molar-refractivity contribution is 6.15. The second-order valence-electron chi connectivity index (χ2n) is 8.73. The molecule has 0 saturated heterocycles. The van der Waals surface area contributed by atoms with Gasteiger partial charge in [-0.15, -0.1) is 0 Å². The van der Waals surface area contributed by atoms with Gasteiger partial charge >= 0.3 is 0 Å². The van der Waals surface area contributed by atoms with E-state index in [2.05, 4.69) is 16.0 Å². The molecule has 1 heterocycles. The van der Waals surface area contributed by atoms with Crippen LogP contribution in [0.2, 0.25) is 0 Å². The van der Waals surface area contributed by atoms with Crippen LogP contribution >= 0.6 is 0 Å². The SMILES string of the molecule is CCC(C)C(NC(=O)c1ccccc1)C(=O)Nc1ccc(C(=O)N2CC(=O)Nc3ccccc32)cc1. The summed E-state index contributed by atoms with van der Waals surface area (Å²) in [5.41, 5.74) is 2.57. The molecule has 8 nitrogen and oxygen atoms in total. The molecule has 0 aromatic heterocycles. The highest BCUT2D eigenvalue weighted by atomic mass is 16.2. The van der Waals surface area contributed by atoms with Crippen molar-refractivity contribution >= 4 is 40.7 Å². The van der Waals surface area contributed by atoms with Crippen LogP contribution in [0.3, 0.4) is 0 Å². The van der Waals surface area contributed by atoms with E-state index in [1.54, 1.807) is 72.8 Å². The highest BCUT2D eigenvalue weighted by Crippen LogP contribution is 2.30. The molecule has 2 atom stereocenters. The lowest BCUT2D eigenvalue weighted by Crippen LogP contribution is -2.47. The average molecular weight is 485 g/mol. The summed E-state index contributed by atoms with van der Waals surface area (Å²) in [6, 6.07) is 21.6. The van der Waals surface area contributed by atoms with E-state index in [9.17, 15) is 19.2 Å². The number of amides is 4. The van der Waals surface area contributed by atoms with Gasteiger partial charge < -0.3 is 16.0 Å². The van der Waals surface area contributed by atoms with Gasteiger partial charge in [-0.2, -0.15) is 0 Å². The zero-order chi connectivity index (χ0) is 25.7. The molecule has 2 unspecified atom stereocenters.